The molecule has 5 nitrogen and oxygen atoms in total. The van der Waals surface area contributed by atoms with Crippen molar-refractivity contribution in [1.82, 2.24) is 9.97 Å². The van der Waals surface area contributed by atoms with Crippen LogP contribution in [-0.2, 0) is 6.18 Å². The molecule has 0 aliphatic rings. The van der Waals surface area contributed by atoms with Crippen molar-refractivity contribution in [3.63, 3.8) is 0 Å². The van der Waals surface area contributed by atoms with Crippen LogP contribution in [0, 0.1) is 6.92 Å². The lowest BCUT2D eigenvalue weighted by molar-refractivity contribution is -0.137. The molecule has 0 aliphatic carbocycles. The first-order valence-corrected chi connectivity index (χ1v) is 8.70. The molecule has 0 radical (unpaired) electrons. The molecular formula is C21H19F3N4O. The van der Waals surface area contributed by atoms with Crippen LogP contribution >= 0.6 is 0 Å². The summed E-state index contributed by atoms with van der Waals surface area (Å²) in [5.74, 6) is 0.471. The molecule has 0 spiro atoms. The van der Waals surface area contributed by atoms with Crippen molar-refractivity contribution < 1.29 is 18.3 Å². The second kappa shape index (κ2) is 8.32. The van der Waals surface area contributed by atoms with Gasteiger partial charge in [0.05, 0.1) is 29.2 Å². The summed E-state index contributed by atoms with van der Waals surface area (Å²) in [5, 5.41) is 15.5. The van der Waals surface area contributed by atoms with E-state index >= 15 is 0 Å². The van der Waals surface area contributed by atoms with E-state index in [-0.39, 0.29) is 6.61 Å². The third-order valence-electron chi connectivity index (χ3n) is 4.20. The number of alkyl halides is 3. The number of halogens is 3. The van der Waals surface area contributed by atoms with Crippen molar-refractivity contribution in [2.75, 3.05) is 17.2 Å². The zero-order valence-electron chi connectivity index (χ0n) is 15.6. The van der Waals surface area contributed by atoms with Crippen LogP contribution in [0.3, 0.4) is 0 Å². The van der Waals surface area contributed by atoms with Gasteiger partial charge in [0.2, 0.25) is 0 Å². The van der Waals surface area contributed by atoms with Crippen molar-refractivity contribution in [3.8, 4) is 11.3 Å². The van der Waals surface area contributed by atoms with Crippen molar-refractivity contribution in [3.05, 3.63) is 78.3 Å². The summed E-state index contributed by atoms with van der Waals surface area (Å²) in [6, 6.07) is 12.0. The number of aryl methyl sites for hydroxylation is 1. The summed E-state index contributed by atoms with van der Waals surface area (Å²) in [6.45, 7) is 5.44. The molecule has 0 atom stereocenters. The number of nitrogens with zero attached hydrogens (tertiary/aromatic N) is 2. The van der Waals surface area contributed by atoms with Crippen molar-refractivity contribution in [1.29, 1.82) is 0 Å². The van der Waals surface area contributed by atoms with Gasteiger partial charge in [0, 0.05) is 17.3 Å². The second-order valence-electron chi connectivity index (χ2n) is 6.37. The summed E-state index contributed by atoms with van der Waals surface area (Å²) < 4.78 is 38.3. The van der Waals surface area contributed by atoms with E-state index in [9.17, 15) is 18.3 Å². The van der Waals surface area contributed by atoms with E-state index < -0.39 is 11.7 Å². The fraction of sp³-hybridized carbons (Fsp3) is 0.143. The number of aliphatic hydroxyl groups is 1. The quantitative estimate of drug-likeness (QED) is 0.535. The van der Waals surface area contributed by atoms with Crippen molar-refractivity contribution in [2.24, 2.45) is 0 Å². The number of aliphatic hydroxyl groups excluding tert-OH is 1. The molecule has 2 aromatic carbocycles. The third-order valence-corrected chi connectivity index (χ3v) is 4.20. The molecule has 3 rings (SSSR count). The number of hydrogen-bond acceptors (Lipinski definition) is 5. The molecule has 8 heteroatoms. The SMILES string of the molecule is C=C(CO)Nc1c(C)cccc1Nc1cc(-c2ccc(C(F)(F)F)cc2)ncn1. The summed E-state index contributed by atoms with van der Waals surface area (Å²) in [4.78, 5) is 8.33. The first-order valence-electron chi connectivity index (χ1n) is 8.70. The summed E-state index contributed by atoms with van der Waals surface area (Å²) >= 11 is 0. The van der Waals surface area contributed by atoms with Gasteiger partial charge in [-0.3, -0.25) is 0 Å². The number of para-hydroxylation sites is 1. The van der Waals surface area contributed by atoms with E-state index in [0.717, 1.165) is 23.4 Å². The Morgan fingerprint density at radius 1 is 1.10 bits per heavy atom. The lowest BCUT2D eigenvalue weighted by Gasteiger charge is -2.16. The molecule has 150 valence electrons. The van der Waals surface area contributed by atoms with Crippen molar-refractivity contribution >= 4 is 17.2 Å². The van der Waals surface area contributed by atoms with Gasteiger partial charge in [-0.25, -0.2) is 9.97 Å². The third kappa shape index (κ3) is 4.91. The normalized spacial score (nSPS) is 11.2. The molecule has 3 aromatic rings. The maximum Gasteiger partial charge on any atom is 0.416 e. The monoisotopic (exact) mass is 400 g/mol. The van der Waals surface area contributed by atoms with Crippen LogP contribution in [0.4, 0.5) is 30.4 Å². The average molecular weight is 400 g/mol. The molecular weight excluding hydrogens is 381 g/mol. The van der Waals surface area contributed by atoms with Crippen LogP contribution < -0.4 is 10.6 Å². The van der Waals surface area contributed by atoms with Crippen molar-refractivity contribution in [2.45, 2.75) is 13.1 Å². The van der Waals surface area contributed by atoms with Gasteiger partial charge in [0.1, 0.15) is 12.1 Å². The van der Waals surface area contributed by atoms with Gasteiger partial charge >= 0.3 is 6.18 Å². The lowest BCUT2D eigenvalue weighted by Crippen LogP contribution is -2.07. The first-order chi connectivity index (χ1) is 13.8. The van der Waals surface area contributed by atoms with Gasteiger partial charge in [-0.15, -0.1) is 0 Å². The van der Waals surface area contributed by atoms with Gasteiger partial charge in [-0.2, -0.15) is 13.2 Å². The molecule has 0 fully saturated rings. The first kappa shape index (κ1) is 20.3. The lowest BCUT2D eigenvalue weighted by atomic mass is 10.1. The van der Waals surface area contributed by atoms with Gasteiger partial charge in [0.25, 0.3) is 0 Å². The molecule has 0 bridgehead atoms. The van der Waals surface area contributed by atoms with Gasteiger partial charge in [0.15, 0.2) is 0 Å². The summed E-state index contributed by atoms with van der Waals surface area (Å²) in [6.07, 6.45) is -3.05. The Labute approximate surface area is 166 Å². The predicted molar refractivity (Wildman–Crippen MR) is 107 cm³/mol. The fourth-order valence-corrected chi connectivity index (χ4v) is 2.71. The number of anilines is 3. The Hall–Kier alpha value is -3.39. The smallest absolute Gasteiger partial charge is 0.390 e. The van der Waals surface area contributed by atoms with E-state index in [4.69, 9.17) is 0 Å². The van der Waals surface area contributed by atoms with E-state index in [1.54, 1.807) is 6.07 Å². The minimum absolute atomic E-state index is 0.209. The number of aromatic nitrogens is 2. The topological polar surface area (TPSA) is 70.1 Å². The highest BCUT2D eigenvalue weighted by Gasteiger charge is 2.30. The standard InChI is InChI=1S/C21H19F3N4O/c1-13-4-3-5-17(20(13)27-14(2)11-29)28-19-10-18(25-12-26-19)15-6-8-16(9-7-15)21(22,23)24/h3-10,12,27,29H,2,11H2,1H3,(H,25,26,28). The highest BCUT2D eigenvalue weighted by Crippen LogP contribution is 2.32. The zero-order valence-corrected chi connectivity index (χ0v) is 15.6. The predicted octanol–water partition coefficient (Wildman–Crippen LogP) is 5.13. The van der Waals surface area contributed by atoms with Crippen LogP contribution in [0.5, 0.6) is 0 Å². The Kier molecular flexibility index (Phi) is 5.84. The van der Waals surface area contributed by atoms with Crippen LogP contribution in [0.25, 0.3) is 11.3 Å². The Morgan fingerprint density at radius 2 is 1.83 bits per heavy atom. The molecule has 0 saturated heterocycles. The van der Waals surface area contributed by atoms with Crippen LogP contribution in [0.1, 0.15) is 11.1 Å². The van der Waals surface area contributed by atoms with E-state index in [1.807, 2.05) is 25.1 Å². The van der Waals surface area contributed by atoms with Crippen LogP contribution in [-0.4, -0.2) is 21.7 Å². The second-order valence-corrected chi connectivity index (χ2v) is 6.37. The summed E-state index contributed by atoms with van der Waals surface area (Å²) in [5.41, 5.74) is 3.13. The molecule has 0 amide bonds. The molecule has 1 aromatic heterocycles. The van der Waals surface area contributed by atoms with Gasteiger partial charge in [-0.05, 0) is 30.7 Å². The maximum absolute atomic E-state index is 12.8. The van der Waals surface area contributed by atoms with Crippen LogP contribution in [0.15, 0.2) is 67.1 Å². The summed E-state index contributed by atoms with van der Waals surface area (Å²) in [7, 11) is 0. The zero-order chi connectivity index (χ0) is 21.0. The largest absolute Gasteiger partial charge is 0.416 e. The average Bonchev–Trinajstić information content (AvgIpc) is 2.70. The number of benzene rings is 2. The van der Waals surface area contributed by atoms with Gasteiger partial charge in [-0.1, -0.05) is 30.8 Å². The highest BCUT2D eigenvalue weighted by atomic mass is 19.4. The number of nitrogens with one attached hydrogen (secondary N) is 2. The molecule has 0 saturated carbocycles. The van der Waals surface area contributed by atoms with E-state index in [1.165, 1.54) is 18.5 Å². The number of rotatable bonds is 6. The Morgan fingerprint density at radius 3 is 2.48 bits per heavy atom. The van der Waals surface area contributed by atoms with Gasteiger partial charge < -0.3 is 15.7 Å². The fourth-order valence-electron chi connectivity index (χ4n) is 2.71. The Bertz CT molecular complexity index is 1020. The number of hydrogen-bond donors (Lipinski definition) is 3. The molecule has 1 heterocycles. The highest BCUT2D eigenvalue weighted by molar-refractivity contribution is 5.78. The molecule has 0 aliphatic heterocycles. The maximum atomic E-state index is 12.8. The minimum Gasteiger partial charge on any atom is -0.390 e. The van der Waals surface area contributed by atoms with Crippen LogP contribution in [0.2, 0.25) is 0 Å². The molecule has 0 unspecified atom stereocenters. The minimum atomic E-state index is -4.38. The van der Waals surface area contributed by atoms with E-state index in [0.29, 0.717) is 28.5 Å². The molecule has 29 heavy (non-hydrogen) atoms. The van der Waals surface area contributed by atoms with E-state index in [2.05, 4.69) is 27.2 Å². The Balaban J connectivity index is 1.88. The molecule has 3 N–H and O–H groups in total.